The third kappa shape index (κ3) is 2.55. The highest BCUT2D eigenvalue weighted by atomic mass is 19.1. The molecule has 1 aliphatic rings. The molecule has 1 aliphatic heterocycles. The number of halogens is 1. The molecule has 4 aromatic rings. The molecule has 1 fully saturated rings. The van der Waals surface area contributed by atoms with Crippen molar-refractivity contribution in [2.24, 2.45) is 0 Å². The molecule has 3 N–H and O–H groups in total. The van der Waals surface area contributed by atoms with Crippen molar-refractivity contribution in [1.29, 1.82) is 0 Å². The van der Waals surface area contributed by atoms with Crippen LogP contribution in [0.5, 0.6) is 17.2 Å². The maximum Gasteiger partial charge on any atom is 0.203 e. The number of methoxy groups -OCH3 is 1. The Bertz CT molecular complexity index is 1260. The Morgan fingerprint density at radius 3 is 2.63 bits per heavy atom. The van der Waals surface area contributed by atoms with E-state index >= 15 is 4.39 Å². The predicted octanol–water partition coefficient (Wildman–Crippen LogP) is 3.40. The average Bonchev–Trinajstić information content (AvgIpc) is 3.38. The van der Waals surface area contributed by atoms with Gasteiger partial charge in [-0.1, -0.05) is 6.07 Å². The summed E-state index contributed by atoms with van der Waals surface area (Å²) in [5.41, 5.74) is 2.76. The molecule has 0 amide bonds. The number of H-pyrrole nitrogens is 1. The number of aromatic hydroxyl groups is 2. The Labute approximate surface area is 170 Å². The predicted molar refractivity (Wildman–Crippen MR) is 107 cm³/mol. The lowest BCUT2D eigenvalue weighted by atomic mass is 9.98. The number of fused-ring (bicyclic) bond motifs is 1. The highest BCUT2D eigenvalue weighted by molar-refractivity contribution is 5.86. The number of ether oxygens (including phenoxy) is 2. The molecule has 2 aromatic heterocycles. The molecule has 9 heteroatoms. The normalized spacial score (nSPS) is 15.3. The molecule has 0 bridgehead atoms. The van der Waals surface area contributed by atoms with Crippen molar-refractivity contribution in [2.75, 3.05) is 20.3 Å². The number of aromatic nitrogens is 4. The van der Waals surface area contributed by atoms with Gasteiger partial charge in [-0.2, -0.15) is 5.10 Å². The van der Waals surface area contributed by atoms with E-state index in [2.05, 4.69) is 15.2 Å². The highest BCUT2D eigenvalue weighted by Crippen LogP contribution is 2.45. The summed E-state index contributed by atoms with van der Waals surface area (Å²) in [5.74, 6) is -2.24. The zero-order chi connectivity index (χ0) is 21.0. The first-order chi connectivity index (χ1) is 14.4. The number of imidazole rings is 1. The van der Waals surface area contributed by atoms with Crippen molar-refractivity contribution in [3.05, 3.63) is 42.3 Å². The van der Waals surface area contributed by atoms with Crippen LogP contribution in [-0.2, 0) is 10.3 Å². The van der Waals surface area contributed by atoms with Gasteiger partial charge in [-0.15, -0.1) is 0 Å². The van der Waals surface area contributed by atoms with Crippen molar-refractivity contribution in [1.82, 2.24) is 19.7 Å². The third-order valence-electron chi connectivity index (χ3n) is 5.47. The lowest BCUT2D eigenvalue weighted by Gasteiger charge is -2.40. The lowest BCUT2D eigenvalue weighted by Crippen LogP contribution is -2.49. The maximum atomic E-state index is 15.0. The van der Waals surface area contributed by atoms with E-state index in [4.69, 9.17) is 9.47 Å². The monoisotopic (exact) mass is 410 g/mol. The Balaban J connectivity index is 1.81. The Morgan fingerprint density at radius 1 is 1.20 bits per heavy atom. The second-order valence-corrected chi connectivity index (χ2v) is 7.57. The molecule has 0 spiro atoms. The van der Waals surface area contributed by atoms with E-state index in [0.29, 0.717) is 24.6 Å². The average molecular weight is 410 g/mol. The SMILES string of the molecule is COc1cc(-c2nc3ccc(-c4ccn[nH]4)cc3n2C2(C)COC2)c(F)c(O)c1O. The molecule has 2 aromatic carbocycles. The fourth-order valence-electron chi connectivity index (χ4n) is 3.84. The molecule has 30 heavy (non-hydrogen) atoms. The Kier molecular flexibility index (Phi) is 3.97. The molecule has 1 saturated heterocycles. The Morgan fingerprint density at radius 2 is 2.00 bits per heavy atom. The Hall–Kier alpha value is -3.59. The zero-order valence-electron chi connectivity index (χ0n) is 16.3. The molecule has 154 valence electrons. The van der Waals surface area contributed by atoms with Gasteiger partial charge in [0.25, 0.3) is 0 Å². The van der Waals surface area contributed by atoms with Gasteiger partial charge in [0.2, 0.25) is 5.75 Å². The van der Waals surface area contributed by atoms with Crippen LogP contribution in [0.1, 0.15) is 6.92 Å². The van der Waals surface area contributed by atoms with Crippen LogP contribution >= 0.6 is 0 Å². The van der Waals surface area contributed by atoms with E-state index in [1.165, 1.54) is 13.2 Å². The highest BCUT2D eigenvalue weighted by Gasteiger charge is 2.39. The summed E-state index contributed by atoms with van der Waals surface area (Å²) in [6.07, 6.45) is 1.67. The molecule has 0 atom stereocenters. The molecule has 0 saturated carbocycles. The first-order valence-electron chi connectivity index (χ1n) is 9.32. The minimum atomic E-state index is -0.970. The van der Waals surface area contributed by atoms with Gasteiger partial charge in [-0.05, 0) is 31.2 Å². The summed E-state index contributed by atoms with van der Waals surface area (Å²) in [7, 11) is 1.33. The van der Waals surface area contributed by atoms with Crippen LogP contribution in [0.4, 0.5) is 4.39 Å². The van der Waals surface area contributed by atoms with Crippen molar-refractivity contribution in [3.8, 4) is 39.9 Å². The van der Waals surface area contributed by atoms with Gasteiger partial charge in [0.05, 0.1) is 48.2 Å². The van der Waals surface area contributed by atoms with Gasteiger partial charge < -0.3 is 24.3 Å². The van der Waals surface area contributed by atoms with E-state index in [0.717, 1.165) is 16.8 Å². The van der Waals surface area contributed by atoms with Crippen molar-refractivity contribution < 1.29 is 24.1 Å². The van der Waals surface area contributed by atoms with Gasteiger partial charge in [0.15, 0.2) is 17.3 Å². The number of phenolic OH excluding ortho intramolecular Hbond substituents is 2. The van der Waals surface area contributed by atoms with Crippen LogP contribution in [0.25, 0.3) is 33.7 Å². The number of aromatic amines is 1. The zero-order valence-corrected chi connectivity index (χ0v) is 16.3. The van der Waals surface area contributed by atoms with E-state index in [-0.39, 0.29) is 11.3 Å². The lowest BCUT2D eigenvalue weighted by molar-refractivity contribution is -0.0868. The molecule has 8 nitrogen and oxygen atoms in total. The van der Waals surface area contributed by atoms with E-state index < -0.39 is 22.9 Å². The van der Waals surface area contributed by atoms with Gasteiger partial charge >= 0.3 is 0 Å². The molecule has 0 aliphatic carbocycles. The number of nitrogens with one attached hydrogen (secondary N) is 1. The van der Waals surface area contributed by atoms with Crippen LogP contribution in [-0.4, -0.2) is 50.3 Å². The van der Waals surface area contributed by atoms with Crippen molar-refractivity contribution in [2.45, 2.75) is 12.5 Å². The molecule has 5 rings (SSSR count). The van der Waals surface area contributed by atoms with E-state index in [1.54, 1.807) is 6.20 Å². The van der Waals surface area contributed by atoms with Gasteiger partial charge in [0, 0.05) is 11.8 Å². The first kappa shape index (κ1) is 18.4. The summed E-state index contributed by atoms with van der Waals surface area (Å²) >= 11 is 0. The van der Waals surface area contributed by atoms with Gasteiger partial charge in [-0.3, -0.25) is 5.10 Å². The standard InChI is InChI=1S/C21H19FN4O4/c1-21(9-30-10-21)26-15-7-11(13-5-6-23-25-13)3-4-14(15)24-20(26)12-8-16(29-2)18(27)19(28)17(12)22/h3-8,27-28H,9-10H2,1-2H3,(H,23,25). The largest absolute Gasteiger partial charge is 0.502 e. The van der Waals surface area contributed by atoms with Crippen molar-refractivity contribution in [3.63, 3.8) is 0 Å². The second-order valence-electron chi connectivity index (χ2n) is 7.57. The number of hydrogen-bond donors (Lipinski definition) is 3. The fourth-order valence-corrected chi connectivity index (χ4v) is 3.84. The summed E-state index contributed by atoms with van der Waals surface area (Å²) in [5, 5.41) is 27.0. The smallest absolute Gasteiger partial charge is 0.203 e. The number of benzene rings is 2. The fraction of sp³-hybridized carbons (Fsp3) is 0.238. The molecule has 0 unspecified atom stereocenters. The number of phenols is 2. The summed E-state index contributed by atoms with van der Waals surface area (Å²) in [6.45, 7) is 2.87. The van der Waals surface area contributed by atoms with Crippen molar-refractivity contribution >= 4 is 11.0 Å². The minimum absolute atomic E-state index is 0.0227. The molecule has 0 radical (unpaired) electrons. The van der Waals surface area contributed by atoms with Crippen LogP contribution in [0.15, 0.2) is 36.5 Å². The minimum Gasteiger partial charge on any atom is -0.502 e. The maximum absolute atomic E-state index is 15.0. The number of nitrogens with zero attached hydrogens (tertiary/aromatic N) is 3. The third-order valence-corrected chi connectivity index (χ3v) is 5.47. The van der Waals surface area contributed by atoms with Gasteiger partial charge in [0.1, 0.15) is 5.82 Å². The first-order valence-corrected chi connectivity index (χ1v) is 9.32. The topological polar surface area (TPSA) is 105 Å². The van der Waals surface area contributed by atoms with Crippen LogP contribution in [0.3, 0.4) is 0 Å². The summed E-state index contributed by atoms with van der Waals surface area (Å²) in [4.78, 5) is 4.65. The van der Waals surface area contributed by atoms with Crippen LogP contribution < -0.4 is 4.74 Å². The van der Waals surface area contributed by atoms with E-state index in [9.17, 15) is 10.2 Å². The van der Waals surface area contributed by atoms with Crippen LogP contribution in [0, 0.1) is 5.82 Å². The van der Waals surface area contributed by atoms with E-state index in [1.807, 2.05) is 35.8 Å². The molecular weight excluding hydrogens is 391 g/mol. The number of rotatable bonds is 4. The number of hydrogen-bond acceptors (Lipinski definition) is 6. The quantitative estimate of drug-likeness (QED) is 0.446. The van der Waals surface area contributed by atoms with Gasteiger partial charge in [-0.25, -0.2) is 9.37 Å². The summed E-state index contributed by atoms with van der Waals surface area (Å²) < 4.78 is 27.5. The summed E-state index contributed by atoms with van der Waals surface area (Å²) in [6, 6.07) is 8.91. The van der Waals surface area contributed by atoms with Crippen LogP contribution in [0.2, 0.25) is 0 Å². The molecule has 3 heterocycles. The molecular formula is C21H19FN4O4. The second kappa shape index (κ2) is 6.46.